The largest absolute Gasteiger partial charge is 0.493 e. The number of nitrogens with one attached hydrogen (secondary N) is 3. The predicted molar refractivity (Wildman–Crippen MR) is 179 cm³/mol. The van der Waals surface area contributed by atoms with Gasteiger partial charge in [-0.3, -0.25) is 23.9 Å². The fourth-order valence-corrected chi connectivity index (χ4v) is 5.43. The summed E-state index contributed by atoms with van der Waals surface area (Å²) in [4.78, 5) is 55.6. The second kappa shape index (κ2) is 16.6. The van der Waals surface area contributed by atoms with Crippen molar-refractivity contribution in [3.8, 4) is 11.5 Å². The number of hydrogen-bond donors (Lipinski definition) is 4. The third-order valence-corrected chi connectivity index (χ3v) is 8.20. The van der Waals surface area contributed by atoms with Crippen molar-refractivity contribution in [2.45, 2.75) is 44.5 Å². The highest BCUT2D eigenvalue weighted by Crippen LogP contribution is 2.28. The molecule has 0 saturated carbocycles. The lowest BCUT2D eigenvalue weighted by Crippen LogP contribution is -2.58. The first-order valence-electron chi connectivity index (χ1n) is 16.2. The predicted octanol–water partition coefficient (Wildman–Crippen LogP) is 0.121. The number of fused-ring (bicyclic) bond motifs is 16. The van der Waals surface area contributed by atoms with E-state index in [-0.39, 0.29) is 44.1 Å². The molecule has 4 aromatic rings. The van der Waals surface area contributed by atoms with Crippen LogP contribution in [0.15, 0.2) is 67.0 Å². The van der Waals surface area contributed by atoms with Crippen molar-refractivity contribution in [1.82, 2.24) is 45.6 Å². The van der Waals surface area contributed by atoms with Crippen LogP contribution in [0.4, 0.5) is 0 Å². The summed E-state index contributed by atoms with van der Waals surface area (Å²) >= 11 is 0. The van der Waals surface area contributed by atoms with Crippen LogP contribution in [0, 0.1) is 0 Å². The highest BCUT2D eigenvalue weighted by Gasteiger charge is 2.31. The molecule has 0 fully saturated rings. The third kappa shape index (κ3) is 9.02. The number of nitrogens with zero attached hydrogens (tertiary/aromatic N) is 6. The van der Waals surface area contributed by atoms with E-state index in [0.29, 0.717) is 35.9 Å². The van der Waals surface area contributed by atoms with E-state index in [1.807, 2.05) is 30.3 Å². The van der Waals surface area contributed by atoms with Crippen molar-refractivity contribution in [2.24, 2.45) is 7.05 Å². The number of aliphatic hydroxyl groups is 1. The Labute approximate surface area is 288 Å². The Bertz CT molecular complexity index is 1790. The number of rotatable bonds is 5. The Morgan fingerprint density at radius 2 is 1.86 bits per heavy atom. The number of hydrogen-bond acceptors (Lipinski definition) is 10. The molecule has 2 aromatic heterocycles. The highest BCUT2D eigenvalue weighted by molar-refractivity contribution is 5.99. The van der Waals surface area contributed by atoms with Crippen LogP contribution in [0.1, 0.15) is 39.0 Å². The number of ether oxygens (including phenoxy) is 2. The maximum Gasteiger partial charge on any atom is 0.272 e. The van der Waals surface area contributed by atoms with Gasteiger partial charge in [0, 0.05) is 57.5 Å². The van der Waals surface area contributed by atoms with Gasteiger partial charge in [-0.15, -0.1) is 5.10 Å². The molecule has 6 rings (SSSR count). The van der Waals surface area contributed by atoms with Crippen LogP contribution in [0.2, 0.25) is 0 Å². The number of methoxy groups -OCH3 is 1. The van der Waals surface area contributed by atoms with E-state index in [2.05, 4.69) is 31.4 Å². The number of aryl methyl sites for hydroxylation is 1. The van der Waals surface area contributed by atoms with Crippen LogP contribution in [0.5, 0.6) is 11.5 Å². The van der Waals surface area contributed by atoms with E-state index in [0.717, 1.165) is 5.56 Å². The maximum absolute atomic E-state index is 13.7. The van der Waals surface area contributed by atoms with Crippen LogP contribution in [0.25, 0.3) is 0 Å². The molecular formula is C34H41N9O7. The van der Waals surface area contributed by atoms with Crippen molar-refractivity contribution in [3.63, 3.8) is 0 Å². The van der Waals surface area contributed by atoms with Gasteiger partial charge in [-0.05, 0) is 36.8 Å². The van der Waals surface area contributed by atoms with Crippen molar-refractivity contribution >= 4 is 23.6 Å². The molecule has 2 aliphatic heterocycles. The fraction of sp³-hybridized carbons (Fsp3) is 0.382. The standard InChI is InChI=1S/C34H41N9O7/c1-22(44)30-33(47)35-14-16-42(34(48)27-11-13-36-41(27)2)15-12-25-21-43(40-39-25)17-18-50-28-10-9-24(20-29(28)49-3)31(45)37-26(32(46)38-30)19-23-7-5-4-6-8-23/h4-11,13,20-22,26,30,44H,12,14-19H2,1-3H3,(H,35,47)(H,37,45)(H,38,46)/t22-,26-,30+/m1/s1. The molecule has 0 radical (unpaired) electrons. The maximum atomic E-state index is 13.7. The quantitative estimate of drug-likeness (QED) is 0.209. The van der Waals surface area contributed by atoms with Gasteiger partial charge in [0.1, 0.15) is 24.4 Å². The number of carbonyl (C=O) groups is 4. The lowest BCUT2D eigenvalue weighted by atomic mass is 10.0. The van der Waals surface area contributed by atoms with E-state index in [4.69, 9.17) is 9.47 Å². The molecule has 0 aliphatic carbocycles. The Morgan fingerprint density at radius 1 is 1.06 bits per heavy atom. The molecule has 4 heterocycles. The lowest BCUT2D eigenvalue weighted by Gasteiger charge is -2.26. The summed E-state index contributed by atoms with van der Waals surface area (Å²) in [6, 6.07) is 12.9. The number of aromatic nitrogens is 5. The van der Waals surface area contributed by atoms with Crippen molar-refractivity contribution in [1.29, 1.82) is 0 Å². The zero-order valence-electron chi connectivity index (χ0n) is 28.1. The molecule has 0 spiro atoms. The summed E-state index contributed by atoms with van der Waals surface area (Å²) in [6.07, 6.45) is 2.49. The molecule has 50 heavy (non-hydrogen) atoms. The molecule has 4 N–H and O–H groups in total. The molecule has 264 valence electrons. The molecule has 16 nitrogen and oxygen atoms in total. The second-order valence-electron chi connectivity index (χ2n) is 11.8. The first-order chi connectivity index (χ1) is 24.1. The molecule has 0 unspecified atom stereocenters. The normalized spacial score (nSPS) is 18.7. The number of amides is 4. The van der Waals surface area contributed by atoms with Gasteiger partial charge in [0.15, 0.2) is 11.5 Å². The van der Waals surface area contributed by atoms with Crippen molar-refractivity contribution < 1.29 is 33.8 Å². The van der Waals surface area contributed by atoms with Gasteiger partial charge in [0.05, 0.1) is 25.5 Å². The average Bonchev–Trinajstić information content (AvgIpc) is 3.76. The zero-order valence-corrected chi connectivity index (χ0v) is 28.1. The molecule has 0 saturated heterocycles. The minimum atomic E-state index is -1.35. The van der Waals surface area contributed by atoms with Crippen molar-refractivity contribution in [3.05, 3.63) is 89.5 Å². The minimum absolute atomic E-state index is 0.0212. The third-order valence-electron chi connectivity index (χ3n) is 8.20. The number of aliphatic hydroxyl groups excluding tert-OH is 1. The fourth-order valence-electron chi connectivity index (χ4n) is 5.43. The van der Waals surface area contributed by atoms with Gasteiger partial charge in [-0.2, -0.15) is 5.10 Å². The number of benzene rings is 2. The number of carbonyl (C=O) groups excluding carboxylic acids is 4. The summed E-state index contributed by atoms with van der Waals surface area (Å²) in [5.41, 5.74) is 1.99. The summed E-state index contributed by atoms with van der Waals surface area (Å²) in [7, 11) is 3.12. The van der Waals surface area contributed by atoms with Crippen molar-refractivity contribution in [2.75, 3.05) is 33.4 Å². The smallest absolute Gasteiger partial charge is 0.272 e. The molecule has 2 aromatic carbocycles. The molecule has 2 aliphatic rings. The SMILES string of the molecule is COc1cc2ccc1OCCn1cc(nn1)CCN(C(=O)c1ccnn1C)CCNC(=O)[C@H]([C@@H](C)O)NC(=O)[C@@H](Cc1ccccc1)NC2=O. The van der Waals surface area contributed by atoms with Gasteiger partial charge < -0.3 is 35.4 Å². The van der Waals surface area contributed by atoms with E-state index in [1.54, 1.807) is 41.0 Å². The van der Waals surface area contributed by atoms with Gasteiger partial charge in [0.2, 0.25) is 11.8 Å². The zero-order chi connectivity index (χ0) is 35.6. The topological polar surface area (TPSA) is 195 Å². The van der Waals surface area contributed by atoms with E-state index >= 15 is 0 Å². The minimum Gasteiger partial charge on any atom is -0.493 e. The highest BCUT2D eigenvalue weighted by atomic mass is 16.5. The monoisotopic (exact) mass is 687 g/mol. The summed E-state index contributed by atoms with van der Waals surface area (Å²) < 4.78 is 14.5. The van der Waals surface area contributed by atoms with Crippen LogP contribution in [0.3, 0.4) is 0 Å². The Balaban J connectivity index is 1.43. The Kier molecular flexibility index (Phi) is 11.8. The van der Waals surface area contributed by atoms with Crippen LogP contribution >= 0.6 is 0 Å². The van der Waals surface area contributed by atoms with Gasteiger partial charge in [-0.25, -0.2) is 4.68 Å². The average molecular weight is 688 g/mol. The molecule has 4 amide bonds. The summed E-state index contributed by atoms with van der Waals surface area (Å²) in [5.74, 6) is -1.48. The Morgan fingerprint density at radius 3 is 2.58 bits per heavy atom. The molecule has 4 bridgehead atoms. The molecule has 16 heteroatoms. The van der Waals surface area contributed by atoms with Crippen LogP contribution in [-0.4, -0.2) is 110 Å². The van der Waals surface area contributed by atoms with E-state index in [9.17, 15) is 24.3 Å². The van der Waals surface area contributed by atoms with Gasteiger partial charge in [0.25, 0.3) is 11.8 Å². The lowest BCUT2D eigenvalue weighted by molar-refractivity contribution is -0.132. The summed E-state index contributed by atoms with van der Waals surface area (Å²) in [5, 5.41) is 31.2. The van der Waals surface area contributed by atoms with Crippen LogP contribution < -0.4 is 25.4 Å². The molecule has 3 atom stereocenters. The van der Waals surface area contributed by atoms with E-state index in [1.165, 1.54) is 31.0 Å². The van der Waals surface area contributed by atoms with Crippen LogP contribution in [-0.2, 0) is 36.0 Å². The second-order valence-corrected chi connectivity index (χ2v) is 11.8. The Hall–Kier alpha value is -5.77. The molecular weight excluding hydrogens is 646 g/mol. The first-order valence-corrected chi connectivity index (χ1v) is 16.2. The van der Waals surface area contributed by atoms with Gasteiger partial charge in [-0.1, -0.05) is 35.5 Å². The summed E-state index contributed by atoms with van der Waals surface area (Å²) in [6.45, 7) is 2.36. The first kappa shape index (κ1) is 35.5. The van der Waals surface area contributed by atoms with Gasteiger partial charge >= 0.3 is 0 Å². The van der Waals surface area contributed by atoms with E-state index < -0.39 is 35.9 Å².